The lowest BCUT2D eigenvalue weighted by Gasteiger charge is -2.61. The minimum absolute atomic E-state index is 0.288. The molecule has 16 heavy (non-hydrogen) atoms. The van der Waals surface area contributed by atoms with Gasteiger partial charge in [-0.15, -0.1) is 0 Å². The lowest BCUT2D eigenvalue weighted by atomic mass is 9.47. The van der Waals surface area contributed by atoms with Gasteiger partial charge in [-0.05, 0) is 68.1 Å². The smallest absolute Gasteiger partial charge is 0.0729 e. The van der Waals surface area contributed by atoms with Crippen LogP contribution in [-0.4, -0.2) is 10.7 Å². The van der Waals surface area contributed by atoms with Crippen LogP contribution < -0.4 is 0 Å². The molecule has 1 unspecified atom stereocenters. The first kappa shape index (κ1) is 11.1. The maximum atomic E-state index is 11.2. The van der Waals surface area contributed by atoms with Crippen LogP contribution in [0.1, 0.15) is 58.8 Å². The minimum atomic E-state index is -0.288. The van der Waals surface area contributed by atoms with Crippen LogP contribution in [0.5, 0.6) is 0 Å². The molecule has 1 N–H and O–H groups in total. The average molecular weight is 222 g/mol. The van der Waals surface area contributed by atoms with Gasteiger partial charge in [0.25, 0.3) is 0 Å². The molecule has 1 heteroatoms. The molecule has 0 spiro atoms. The van der Waals surface area contributed by atoms with E-state index in [9.17, 15) is 5.11 Å². The Morgan fingerprint density at radius 3 is 2.00 bits per heavy atom. The van der Waals surface area contributed by atoms with Crippen molar-refractivity contribution in [3.05, 3.63) is 0 Å². The Bertz CT molecular complexity index is 243. The van der Waals surface area contributed by atoms with E-state index in [0.29, 0.717) is 17.8 Å². The Morgan fingerprint density at radius 2 is 1.56 bits per heavy atom. The third kappa shape index (κ3) is 1.40. The predicted octanol–water partition coefficient (Wildman–Crippen LogP) is 3.61. The van der Waals surface area contributed by atoms with Gasteiger partial charge in [-0.3, -0.25) is 0 Å². The minimum Gasteiger partial charge on any atom is -0.389 e. The Balaban J connectivity index is 1.84. The molecule has 0 aromatic rings. The molecule has 0 aliphatic heterocycles. The summed E-state index contributed by atoms with van der Waals surface area (Å²) in [6, 6.07) is 0. The number of rotatable bonds is 3. The maximum absolute atomic E-state index is 11.2. The second-order valence-corrected chi connectivity index (χ2v) is 6.88. The molecular formula is C15H26O. The molecule has 0 saturated heterocycles. The summed E-state index contributed by atoms with van der Waals surface area (Å²) in [5, 5.41) is 11.2. The molecule has 1 atom stereocenters. The van der Waals surface area contributed by atoms with E-state index in [0.717, 1.165) is 11.8 Å². The fraction of sp³-hybridized carbons (Fsp3) is 1.00. The van der Waals surface area contributed by atoms with Crippen LogP contribution in [0.2, 0.25) is 0 Å². The Labute approximate surface area is 99.6 Å². The van der Waals surface area contributed by atoms with Gasteiger partial charge in [0, 0.05) is 0 Å². The Hall–Kier alpha value is -0.0400. The maximum Gasteiger partial charge on any atom is 0.0729 e. The van der Waals surface area contributed by atoms with Crippen molar-refractivity contribution in [3.63, 3.8) is 0 Å². The van der Waals surface area contributed by atoms with E-state index in [2.05, 4.69) is 13.8 Å². The van der Waals surface area contributed by atoms with Crippen LogP contribution in [-0.2, 0) is 0 Å². The van der Waals surface area contributed by atoms with E-state index in [-0.39, 0.29) is 5.60 Å². The topological polar surface area (TPSA) is 20.2 Å². The largest absolute Gasteiger partial charge is 0.389 e. The van der Waals surface area contributed by atoms with Gasteiger partial charge in [0.2, 0.25) is 0 Å². The van der Waals surface area contributed by atoms with Crippen LogP contribution in [0.3, 0.4) is 0 Å². The quantitative estimate of drug-likeness (QED) is 0.773. The van der Waals surface area contributed by atoms with Crippen molar-refractivity contribution in [2.45, 2.75) is 64.4 Å². The van der Waals surface area contributed by atoms with E-state index in [1.807, 2.05) is 0 Å². The van der Waals surface area contributed by atoms with E-state index in [1.165, 1.54) is 44.9 Å². The summed E-state index contributed by atoms with van der Waals surface area (Å²) in [7, 11) is 0. The SMILES string of the molecule is CCCC(C)C1(O)C2CC3CC(C2)CC1C3. The zero-order valence-electron chi connectivity index (χ0n) is 10.8. The molecular weight excluding hydrogens is 196 g/mol. The van der Waals surface area contributed by atoms with Crippen molar-refractivity contribution in [3.8, 4) is 0 Å². The molecule has 4 bridgehead atoms. The van der Waals surface area contributed by atoms with Crippen molar-refractivity contribution in [1.29, 1.82) is 0 Å². The summed E-state index contributed by atoms with van der Waals surface area (Å²) < 4.78 is 0. The molecule has 0 aromatic heterocycles. The van der Waals surface area contributed by atoms with Crippen LogP contribution in [0.4, 0.5) is 0 Å². The van der Waals surface area contributed by atoms with E-state index >= 15 is 0 Å². The lowest BCUT2D eigenvalue weighted by Crippen LogP contribution is -2.60. The van der Waals surface area contributed by atoms with Gasteiger partial charge in [-0.2, -0.15) is 0 Å². The monoisotopic (exact) mass is 222 g/mol. The molecule has 4 aliphatic rings. The first-order valence-corrected chi connectivity index (χ1v) is 7.36. The molecule has 4 fully saturated rings. The molecule has 4 saturated carbocycles. The zero-order valence-corrected chi connectivity index (χ0v) is 10.8. The predicted molar refractivity (Wildman–Crippen MR) is 66.1 cm³/mol. The number of hydrogen-bond donors (Lipinski definition) is 1. The lowest BCUT2D eigenvalue weighted by molar-refractivity contribution is -0.200. The summed E-state index contributed by atoms with van der Waals surface area (Å²) in [5.74, 6) is 3.75. The second-order valence-electron chi connectivity index (χ2n) is 6.88. The first-order valence-electron chi connectivity index (χ1n) is 7.36. The number of hydrogen-bond acceptors (Lipinski definition) is 1. The van der Waals surface area contributed by atoms with Gasteiger partial charge in [-0.25, -0.2) is 0 Å². The Kier molecular flexibility index (Phi) is 2.58. The standard InChI is InChI=1S/C15H26O/c1-3-4-10(2)15(16)13-6-11-5-12(8-13)9-14(15)7-11/h10-14,16H,3-9H2,1-2H3. The normalized spacial score (nSPS) is 51.9. The highest BCUT2D eigenvalue weighted by Gasteiger charge is 2.58. The van der Waals surface area contributed by atoms with Gasteiger partial charge in [-0.1, -0.05) is 20.3 Å². The molecule has 0 radical (unpaired) electrons. The van der Waals surface area contributed by atoms with Crippen LogP contribution >= 0.6 is 0 Å². The van der Waals surface area contributed by atoms with E-state index < -0.39 is 0 Å². The van der Waals surface area contributed by atoms with Gasteiger partial charge in [0.05, 0.1) is 5.60 Å². The van der Waals surface area contributed by atoms with E-state index in [1.54, 1.807) is 0 Å². The molecule has 0 aromatic carbocycles. The Morgan fingerprint density at radius 1 is 1.06 bits per heavy atom. The highest BCUT2D eigenvalue weighted by atomic mass is 16.3. The third-order valence-electron chi connectivity index (χ3n) is 5.96. The summed E-state index contributed by atoms with van der Waals surface area (Å²) >= 11 is 0. The van der Waals surface area contributed by atoms with Gasteiger partial charge in [0.15, 0.2) is 0 Å². The van der Waals surface area contributed by atoms with Crippen molar-refractivity contribution in [1.82, 2.24) is 0 Å². The molecule has 1 nitrogen and oxygen atoms in total. The van der Waals surface area contributed by atoms with Crippen molar-refractivity contribution >= 4 is 0 Å². The zero-order chi connectivity index (χ0) is 11.3. The third-order valence-corrected chi connectivity index (χ3v) is 5.96. The average Bonchev–Trinajstić information content (AvgIpc) is 2.24. The first-order chi connectivity index (χ1) is 7.64. The van der Waals surface area contributed by atoms with Gasteiger partial charge in [0.1, 0.15) is 0 Å². The molecule has 92 valence electrons. The fourth-order valence-corrected chi connectivity index (χ4v) is 5.41. The van der Waals surface area contributed by atoms with Crippen molar-refractivity contribution in [2.24, 2.45) is 29.6 Å². The number of aliphatic hydroxyl groups is 1. The highest BCUT2D eigenvalue weighted by molar-refractivity contribution is 5.08. The van der Waals surface area contributed by atoms with Gasteiger partial charge >= 0.3 is 0 Å². The summed E-state index contributed by atoms with van der Waals surface area (Å²) in [4.78, 5) is 0. The van der Waals surface area contributed by atoms with Crippen LogP contribution in [0.15, 0.2) is 0 Å². The summed E-state index contributed by atoms with van der Waals surface area (Å²) in [6.07, 6.45) is 9.23. The molecule has 4 aliphatic carbocycles. The van der Waals surface area contributed by atoms with Crippen molar-refractivity contribution < 1.29 is 5.11 Å². The summed E-state index contributed by atoms with van der Waals surface area (Å²) in [6.45, 7) is 4.54. The van der Waals surface area contributed by atoms with E-state index in [4.69, 9.17) is 0 Å². The van der Waals surface area contributed by atoms with Gasteiger partial charge < -0.3 is 5.11 Å². The van der Waals surface area contributed by atoms with Crippen molar-refractivity contribution in [2.75, 3.05) is 0 Å². The van der Waals surface area contributed by atoms with Crippen LogP contribution in [0, 0.1) is 29.6 Å². The molecule has 0 heterocycles. The fourth-order valence-electron chi connectivity index (χ4n) is 5.41. The second kappa shape index (κ2) is 3.73. The summed E-state index contributed by atoms with van der Waals surface area (Å²) in [5.41, 5.74) is -0.288. The molecule has 0 amide bonds. The molecule has 4 rings (SSSR count). The highest BCUT2D eigenvalue weighted by Crippen LogP contribution is 2.60. The van der Waals surface area contributed by atoms with Crippen LogP contribution in [0.25, 0.3) is 0 Å².